The predicted octanol–water partition coefficient (Wildman–Crippen LogP) is 2.90. The van der Waals surface area contributed by atoms with Gasteiger partial charge >= 0.3 is 5.69 Å². The third-order valence-corrected chi connectivity index (χ3v) is 3.73. The van der Waals surface area contributed by atoms with Gasteiger partial charge in [-0.3, -0.25) is 30.7 Å². The zero-order chi connectivity index (χ0) is 20.1. The number of benzene rings is 1. The van der Waals surface area contributed by atoms with E-state index in [2.05, 4.69) is 31.1 Å². The van der Waals surface area contributed by atoms with Crippen LogP contribution in [0.2, 0.25) is 0 Å². The average molecular weight is 379 g/mol. The quantitative estimate of drug-likeness (QED) is 0.439. The van der Waals surface area contributed by atoms with Crippen LogP contribution in [0.25, 0.3) is 0 Å². The van der Waals surface area contributed by atoms with Crippen molar-refractivity contribution in [2.24, 2.45) is 0 Å². The monoisotopic (exact) mass is 379 g/mol. The minimum absolute atomic E-state index is 0.00524. The molecule has 3 aromatic rings. The Kier molecular flexibility index (Phi) is 5.40. The first-order chi connectivity index (χ1) is 13.4. The van der Waals surface area contributed by atoms with Gasteiger partial charge in [0.15, 0.2) is 0 Å². The normalized spacial score (nSPS) is 10.2. The number of nitrogens with zero attached hydrogens (tertiary/aromatic N) is 4. The predicted molar refractivity (Wildman–Crippen MR) is 103 cm³/mol. The van der Waals surface area contributed by atoms with Crippen LogP contribution in [0.1, 0.15) is 21.5 Å². The Morgan fingerprint density at radius 2 is 1.68 bits per heavy atom. The van der Waals surface area contributed by atoms with Crippen molar-refractivity contribution < 1.29 is 9.72 Å². The minimum atomic E-state index is -0.619. The van der Waals surface area contributed by atoms with E-state index < -0.39 is 16.5 Å². The molecule has 0 radical (unpaired) electrons. The highest BCUT2D eigenvalue weighted by Crippen LogP contribution is 2.31. The lowest BCUT2D eigenvalue weighted by Gasteiger charge is -2.11. The number of rotatable bonds is 6. The van der Waals surface area contributed by atoms with E-state index in [0.717, 1.165) is 11.1 Å². The number of aryl methyl sites for hydroxylation is 2. The van der Waals surface area contributed by atoms with Gasteiger partial charge in [-0.15, -0.1) is 0 Å². The van der Waals surface area contributed by atoms with Crippen molar-refractivity contribution >= 4 is 28.9 Å². The fourth-order valence-corrected chi connectivity index (χ4v) is 2.61. The lowest BCUT2D eigenvalue weighted by Crippen LogP contribution is -2.30. The van der Waals surface area contributed by atoms with Gasteiger partial charge in [0.1, 0.15) is 6.33 Å². The first-order valence-corrected chi connectivity index (χ1v) is 8.25. The van der Waals surface area contributed by atoms with Crippen molar-refractivity contribution in [3.8, 4) is 0 Å². The molecule has 1 aromatic carbocycles. The SMILES string of the molecule is Cc1cc(C)cc(Nc2ncnc(NNC(=O)c3ccncc3)c2[N+](=O)[O-])c1. The van der Waals surface area contributed by atoms with E-state index in [1.807, 2.05) is 32.0 Å². The molecular weight excluding hydrogens is 362 g/mol. The van der Waals surface area contributed by atoms with Gasteiger partial charge in [0.2, 0.25) is 11.6 Å². The molecular formula is C18H17N7O3. The van der Waals surface area contributed by atoms with Gasteiger partial charge in [0.05, 0.1) is 4.92 Å². The second kappa shape index (κ2) is 8.08. The number of nitrogens with one attached hydrogen (secondary N) is 3. The first-order valence-electron chi connectivity index (χ1n) is 8.25. The molecule has 0 bridgehead atoms. The zero-order valence-electron chi connectivity index (χ0n) is 15.1. The lowest BCUT2D eigenvalue weighted by molar-refractivity contribution is -0.383. The Bertz CT molecular complexity index is 1000. The molecule has 3 N–H and O–H groups in total. The number of amides is 1. The van der Waals surface area contributed by atoms with E-state index in [0.29, 0.717) is 11.3 Å². The molecule has 10 nitrogen and oxygen atoms in total. The topological polar surface area (TPSA) is 135 Å². The Balaban J connectivity index is 1.85. The Morgan fingerprint density at radius 3 is 2.32 bits per heavy atom. The summed E-state index contributed by atoms with van der Waals surface area (Å²) in [6, 6.07) is 8.70. The number of hydrazine groups is 1. The third kappa shape index (κ3) is 4.36. The third-order valence-electron chi connectivity index (χ3n) is 3.73. The first kappa shape index (κ1) is 18.7. The number of hydrogen-bond donors (Lipinski definition) is 3. The summed E-state index contributed by atoms with van der Waals surface area (Å²) in [7, 11) is 0. The lowest BCUT2D eigenvalue weighted by atomic mass is 10.1. The van der Waals surface area contributed by atoms with Crippen LogP contribution in [0.15, 0.2) is 49.1 Å². The summed E-state index contributed by atoms with van der Waals surface area (Å²) in [6.07, 6.45) is 4.10. The van der Waals surface area contributed by atoms with Gasteiger partial charge in [-0.2, -0.15) is 0 Å². The summed E-state index contributed by atoms with van der Waals surface area (Å²) in [5, 5.41) is 14.5. The van der Waals surface area contributed by atoms with Gasteiger partial charge in [-0.1, -0.05) is 6.07 Å². The van der Waals surface area contributed by atoms with Crippen molar-refractivity contribution in [2.75, 3.05) is 10.7 Å². The smallest absolute Gasteiger partial charge is 0.334 e. The molecule has 142 valence electrons. The fraction of sp³-hybridized carbons (Fsp3) is 0.111. The molecule has 10 heteroatoms. The van der Waals surface area contributed by atoms with E-state index in [-0.39, 0.29) is 11.6 Å². The number of carbonyl (C=O) groups is 1. The molecule has 28 heavy (non-hydrogen) atoms. The van der Waals surface area contributed by atoms with Crippen molar-refractivity contribution in [1.82, 2.24) is 20.4 Å². The molecule has 0 atom stereocenters. The highest BCUT2D eigenvalue weighted by atomic mass is 16.6. The highest BCUT2D eigenvalue weighted by Gasteiger charge is 2.23. The molecule has 1 amide bonds. The maximum absolute atomic E-state index is 12.1. The Hall–Kier alpha value is -4.08. The van der Waals surface area contributed by atoms with Crippen LogP contribution in [0.3, 0.4) is 0 Å². The van der Waals surface area contributed by atoms with Gasteiger partial charge in [0, 0.05) is 23.6 Å². The highest BCUT2D eigenvalue weighted by molar-refractivity contribution is 5.94. The molecule has 2 heterocycles. The number of anilines is 3. The average Bonchev–Trinajstić information content (AvgIpc) is 2.65. The molecule has 0 spiro atoms. The number of hydrogen-bond acceptors (Lipinski definition) is 8. The molecule has 0 saturated heterocycles. The fourth-order valence-electron chi connectivity index (χ4n) is 2.61. The van der Waals surface area contributed by atoms with Crippen LogP contribution in [0.4, 0.5) is 23.0 Å². The molecule has 0 unspecified atom stereocenters. The van der Waals surface area contributed by atoms with E-state index >= 15 is 0 Å². The molecule has 0 aliphatic rings. The van der Waals surface area contributed by atoms with Gasteiger partial charge in [-0.25, -0.2) is 9.97 Å². The largest absolute Gasteiger partial charge is 0.355 e. The van der Waals surface area contributed by atoms with Crippen molar-refractivity contribution in [1.29, 1.82) is 0 Å². The summed E-state index contributed by atoms with van der Waals surface area (Å²) >= 11 is 0. The zero-order valence-corrected chi connectivity index (χ0v) is 15.1. The molecule has 3 rings (SSSR count). The number of pyridine rings is 1. The van der Waals surface area contributed by atoms with Crippen LogP contribution >= 0.6 is 0 Å². The van der Waals surface area contributed by atoms with E-state index in [1.165, 1.54) is 30.9 Å². The molecule has 2 aromatic heterocycles. The summed E-state index contributed by atoms with van der Waals surface area (Å²) in [5.41, 5.74) is 7.48. The Morgan fingerprint density at radius 1 is 1.04 bits per heavy atom. The van der Waals surface area contributed by atoms with Crippen LogP contribution in [-0.2, 0) is 0 Å². The second-order valence-corrected chi connectivity index (χ2v) is 5.99. The molecule has 0 aliphatic carbocycles. The number of aromatic nitrogens is 3. The van der Waals surface area contributed by atoms with E-state index in [1.54, 1.807) is 0 Å². The van der Waals surface area contributed by atoms with Crippen LogP contribution in [0.5, 0.6) is 0 Å². The van der Waals surface area contributed by atoms with Crippen molar-refractivity contribution in [3.63, 3.8) is 0 Å². The van der Waals surface area contributed by atoms with Crippen LogP contribution < -0.4 is 16.2 Å². The van der Waals surface area contributed by atoms with Crippen molar-refractivity contribution in [3.05, 3.63) is 75.9 Å². The second-order valence-electron chi connectivity index (χ2n) is 5.99. The maximum Gasteiger partial charge on any atom is 0.355 e. The molecule has 0 saturated carbocycles. The summed E-state index contributed by atoms with van der Waals surface area (Å²) in [5.74, 6) is -0.626. The molecule has 0 fully saturated rings. The summed E-state index contributed by atoms with van der Waals surface area (Å²) in [6.45, 7) is 3.85. The van der Waals surface area contributed by atoms with Crippen molar-refractivity contribution in [2.45, 2.75) is 13.8 Å². The van der Waals surface area contributed by atoms with Gasteiger partial charge < -0.3 is 5.32 Å². The van der Waals surface area contributed by atoms with Gasteiger partial charge in [0.25, 0.3) is 5.91 Å². The maximum atomic E-state index is 12.1. The van der Waals surface area contributed by atoms with Crippen LogP contribution in [-0.4, -0.2) is 25.8 Å². The standard InChI is InChI=1S/C18H17N7O3/c1-11-7-12(2)9-14(8-11)22-16-15(25(27)28)17(21-10-20-16)23-24-18(26)13-3-5-19-6-4-13/h3-10H,1-2H3,(H,24,26)(H2,20,21,22,23). The van der Waals surface area contributed by atoms with Gasteiger partial charge in [-0.05, 0) is 49.2 Å². The molecule has 0 aliphatic heterocycles. The van der Waals surface area contributed by atoms with E-state index in [4.69, 9.17) is 0 Å². The minimum Gasteiger partial charge on any atom is -0.334 e. The van der Waals surface area contributed by atoms with E-state index in [9.17, 15) is 14.9 Å². The number of nitro groups is 1. The summed E-state index contributed by atoms with van der Waals surface area (Å²) < 4.78 is 0. The Labute approximate surface area is 160 Å². The van der Waals surface area contributed by atoms with Crippen LogP contribution in [0, 0.1) is 24.0 Å². The number of carbonyl (C=O) groups excluding carboxylic acids is 1. The summed E-state index contributed by atoms with van der Waals surface area (Å²) in [4.78, 5) is 34.8.